The number of hydrogen-bond donors (Lipinski definition) is 2. The molecule has 2 N–H and O–H groups in total. The van der Waals surface area contributed by atoms with Crippen molar-refractivity contribution in [1.82, 2.24) is 10.2 Å². The van der Waals surface area contributed by atoms with E-state index >= 15 is 0 Å². The summed E-state index contributed by atoms with van der Waals surface area (Å²) in [6.45, 7) is 12.9. The lowest BCUT2D eigenvalue weighted by molar-refractivity contribution is 0.0569. The topological polar surface area (TPSA) is 61.8 Å². The number of aliphatic hydroxyl groups excluding tert-OH is 1. The molecule has 1 amide bonds. The number of hydrogen-bond acceptors (Lipinski definition) is 4. The molecule has 2 atom stereocenters. The van der Waals surface area contributed by atoms with Gasteiger partial charge in [-0.1, -0.05) is 17.7 Å². The van der Waals surface area contributed by atoms with Gasteiger partial charge in [-0.25, -0.2) is 0 Å². The molecule has 2 aromatic carbocycles. The molecule has 1 aliphatic rings. The Bertz CT molecular complexity index is 939. The Morgan fingerprint density at radius 3 is 2.55 bits per heavy atom. The van der Waals surface area contributed by atoms with E-state index < -0.39 is 6.10 Å². The molecule has 1 aliphatic heterocycles. The normalized spacial score (nSPS) is 16.5. The van der Waals surface area contributed by atoms with Crippen LogP contribution < -0.4 is 10.1 Å². The fourth-order valence-electron chi connectivity index (χ4n) is 4.01. The summed E-state index contributed by atoms with van der Waals surface area (Å²) in [4.78, 5) is 14.8. The summed E-state index contributed by atoms with van der Waals surface area (Å²) in [5.74, 6) is 1.23. The molecule has 0 aromatic heterocycles. The minimum absolute atomic E-state index is 0.0504. The number of aryl methyl sites for hydroxylation is 1. The summed E-state index contributed by atoms with van der Waals surface area (Å²) in [7, 11) is 0. The smallest absolute Gasteiger partial charge is 0.251 e. The number of carbonyl (C=O) groups is 1. The van der Waals surface area contributed by atoms with Crippen molar-refractivity contribution in [2.75, 3.05) is 26.2 Å². The van der Waals surface area contributed by atoms with Crippen LogP contribution in [0.4, 0.5) is 0 Å². The summed E-state index contributed by atoms with van der Waals surface area (Å²) in [5, 5.41) is 13.2. The van der Waals surface area contributed by atoms with Gasteiger partial charge in [0.25, 0.3) is 5.91 Å². The van der Waals surface area contributed by atoms with Gasteiger partial charge < -0.3 is 15.2 Å². The van der Waals surface area contributed by atoms with Crippen molar-refractivity contribution in [2.45, 2.75) is 46.8 Å². The first-order valence-corrected chi connectivity index (χ1v) is 11.2. The zero-order chi connectivity index (χ0) is 22.7. The van der Waals surface area contributed by atoms with Crippen LogP contribution in [0.2, 0.25) is 5.02 Å². The first-order valence-electron chi connectivity index (χ1n) is 10.9. The van der Waals surface area contributed by atoms with Crippen molar-refractivity contribution in [3.05, 3.63) is 63.2 Å². The number of nitrogens with one attached hydrogen (secondary N) is 1. The third kappa shape index (κ3) is 5.59. The van der Waals surface area contributed by atoms with Crippen LogP contribution in [0.25, 0.3) is 0 Å². The second kappa shape index (κ2) is 10.0. The van der Waals surface area contributed by atoms with E-state index in [0.29, 0.717) is 35.7 Å². The maximum atomic E-state index is 12.4. The molecule has 6 heteroatoms. The number of ether oxygens (including phenoxy) is 1. The van der Waals surface area contributed by atoms with Gasteiger partial charge in [0.05, 0.1) is 6.10 Å². The third-order valence-corrected chi connectivity index (χ3v) is 6.64. The largest absolute Gasteiger partial charge is 0.491 e. The second-order valence-electron chi connectivity index (χ2n) is 8.73. The Hall–Kier alpha value is -2.08. The molecule has 2 aromatic rings. The molecule has 0 saturated carbocycles. The van der Waals surface area contributed by atoms with Gasteiger partial charge in [0.2, 0.25) is 0 Å². The molecule has 1 fully saturated rings. The average Bonchev–Trinajstić information content (AvgIpc) is 2.69. The molecular formula is C25H33ClN2O3. The summed E-state index contributed by atoms with van der Waals surface area (Å²) in [5.41, 5.74) is 5.19. The van der Waals surface area contributed by atoms with E-state index in [1.807, 2.05) is 19.1 Å². The van der Waals surface area contributed by atoms with Crippen molar-refractivity contribution in [2.24, 2.45) is 5.92 Å². The SMILES string of the molecule is Cc1cc(C(=O)NCC2CN(C(C)c3ccc(OC[C@@H](C)O)c(C)c3C)C2)ccc1Cl. The molecule has 31 heavy (non-hydrogen) atoms. The molecule has 1 heterocycles. The molecule has 1 saturated heterocycles. The number of aliphatic hydroxyl groups is 1. The first kappa shape index (κ1) is 23.6. The summed E-state index contributed by atoms with van der Waals surface area (Å²) < 4.78 is 5.73. The van der Waals surface area contributed by atoms with Crippen molar-refractivity contribution in [1.29, 1.82) is 0 Å². The van der Waals surface area contributed by atoms with Gasteiger partial charge in [-0.15, -0.1) is 0 Å². The van der Waals surface area contributed by atoms with Crippen molar-refractivity contribution < 1.29 is 14.6 Å². The quantitative estimate of drug-likeness (QED) is 0.631. The van der Waals surface area contributed by atoms with Crippen LogP contribution in [0.15, 0.2) is 30.3 Å². The minimum atomic E-state index is -0.486. The monoisotopic (exact) mass is 444 g/mol. The number of likely N-dealkylation sites (tertiary alicyclic amines) is 1. The van der Waals surface area contributed by atoms with Crippen LogP contribution >= 0.6 is 11.6 Å². The van der Waals surface area contributed by atoms with Crippen molar-refractivity contribution in [3.63, 3.8) is 0 Å². The Balaban J connectivity index is 1.52. The number of carbonyl (C=O) groups excluding carboxylic acids is 1. The van der Waals surface area contributed by atoms with Crippen molar-refractivity contribution >= 4 is 17.5 Å². The van der Waals surface area contributed by atoms with Crippen LogP contribution in [0.3, 0.4) is 0 Å². The van der Waals surface area contributed by atoms with E-state index in [0.717, 1.165) is 30.0 Å². The third-order valence-electron chi connectivity index (χ3n) is 6.21. The lowest BCUT2D eigenvalue weighted by Gasteiger charge is -2.44. The first-order chi connectivity index (χ1) is 14.7. The average molecular weight is 445 g/mol. The fourth-order valence-corrected chi connectivity index (χ4v) is 4.13. The molecule has 1 unspecified atom stereocenters. The Kier molecular flexibility index (Phi) is 7.63. The summed E-state index contributed by atoms with van der Waals surface area (Å²) >= 11 is 6.04. The van der Waals surface area contributed by atoms with Gasteiger partial charge >= 0.3 is 0 Å². The lowest BCUT2D eigenvalue weighted by Crippen LogP contribution is -2.52. The van der Waals surface area contributed by atoms with Crippen LogP contribution in [-0.4, -0.2) is 48.3 Å². The standard InChI is InChI=1S/C25H33ClN2O3/c1-15-10-21(6-8-23(15)26)25(30)27-11-20-12-28(13-20)19(5)22-7-9-24(18(4)17(22)3)31-14-16(2)29/h6-10,16,19-20,29H,11-14H2,1-5H3,(H,27,30)/t16-,19?/m1/s1. The van der Waals surface area contributed by atoms with E-state index in [9.17, 15) is 9.90 Å². The molecule has 168 valence electrons. The van der Waals surface area contributed by atoms with E-state index in [2.05, 4.69) is 37.1 Å². The molecule has 0 aliphatic carbocycles. The number of amides is 1. The van der Waals surface area contributed by atoms with Gasteiger partial charge in [-0.3, -0.25) is 9.69 Å². The van der Waals surface area contributed by atoms with E-state index in [1.54, 1.807) is 19.1 Å². The number of rotatable bonds is 8. The molecule has 0 bridgehead atoms. The molecule has 0 spiro atoms. The van der Waals surface area contributed by atoms with Crippen LogP contribution in [0.5, 0.6) is 5.75 Å². The van der Waals surface area contributed by atoms with Gasteiger partial charge in [-0.2, -0.15) is 0 Å². The lowest BCUT2D eigenvalue weighted by atomic mass is 9.91. The molecule has 0 radical (unpaired) electrons. The minimum Gasteiger partial charge on any atom is -0.491 e. The summed E-state index contributed by atoms with van der Waals surface area (Å²) in [6.07, 6.45) is -0.486. The number of benzene rings is 2. The van der Waals surface area contributed by atoms with Crippen LogP contribution in [0, 0.1) is 26.7 Å². The van der Waals surface area contributed by atoms with Crippen LogP contribution in [-0.2, 0) is 0 Å². The maximum absolute atomic E-state index is 12.4. The van der Waals surface area contributed by atoms with Gasteiger partial charge in [0.15, 0.2) is 0 Å². The predicted octanol–water partition coefficient (Wildman–Crippen LogP) is 4.45. The number of halogens is 1. The number of nitrogens with zero attached hydrogens (tertiary/aromatic N) is 1. The Labute approximate surface area is 190 Å². The fraction of sp³-hybridized carbons (Fsp3) is 0.480. The predicted molar refractivity (Wildman–Crippen MR) is 125 cm³/mol. The highest BCUT2D eigenvalue weighted by atomic mass is 35.5. The Morgan fingerprint density at radius 2 is 1.90 bits per heavy atom. The maximum Gasteiger partial charge on any atom is 0.251 e. The van der Waals surface area contributed by atoms with E-state index in [-0.39, 0.29) is 5.91 Å². The van der Waals surface area contributed by atoms with Gasteiger partial charge in [0.1, 0.15) is 12.4 Å². The van der Waals surface area contributed by atoms with Gasteiger partial charge in [0, 0.05) is 42.2 Å². The van der Waals surface area contributed by atoms with E-state index in [1.165, 1.54) is 11.1 Å². The zero-order valence-corrected chi connectivity index (χ0v) is 19.8. The summed E-state index contributed by atoms with van der Waals surface area (Å²) in [6, 6.07) is 9.79. The zero-order valence-electron chi connectivity index (χ0n) is 19.0. The molecular weight excluding hydrogens is 412 g/mol. The second-order valence-corrected chi connectivity index (χ2v) is 9.14. The molecule has 5 nitrogen and oxygen atoms in total. The van der Waals surface area contributed by atoms with Gasteiger partial charge in [-0.05, 0) is 81.1 Å². The van der Waals surface area contributed by atoms with E-state index in [4.69, 9.17) is 16.3 Å². The van der Waals surface area contributed by atoms with Crippen LogP contribution in [0.1, 0.15) is 52.5 Å². The Morgan fingerprint density at radius 1 is 1.19 bits per heavy atom. The molecule has 3 rings (SSSR count). The highest BCUT2D eigenvalue weighted by molar-refractivity contribution is 6.31. The highest BCUT2D eigenvalue weighted by Crippen LogP contribution is 2.34. The highest BCUT2D eigenvalue weighted by Gasteiger charge is 2.32. The van der Waals surface area contributed by atoms with Crippen molar-refractivity contribution in [3.8, 4) is 5.75 Å².